The third-order valence-corrected chi connectivity index (χ3v) is 4.02. The molecule has 21 heavy (non-hydrogen) atoms. The molecule has 0 saturated carbocycles. The van der Waals surface area contributed by atoms with Crippen molar-refractivity contribution in [2.24, 2.45) is 0 Å². The van der Waals surface area contributed by atoms with Gasteiger partial charge in [-0.15, -0.1) is 0 Å². The average molecular weight is 291 g/mol. The van der Waals surface area contributed by atoms with Crippen molar-refractivity contribution in [1.29, 1.82) is 0 Å². The molecule has 1 aliphatic rings. The summed E-state index contributed by atoms with van der Waals surface area (Å²) in [6, 6.07) is 5.39. The van der Waals surface area contributed by atoms with Crippen molar-refractivity contribution < 1.29 is 9.53 Å². The summed E-state index contributed by atoms with van der Waals surface area (Å²) < 4.78 is 4.87. The van der Waals surface area contributed by atoms with E-state index in [1.807, 2.05) is 6.07 Å². The number of nitrogen functional groups attached to an aromatic ring is 1. The number of nitrogens with zero attached hydrogens (tertiary/aromatic N) is 2. The molecule has 2 N–H and O–H groups in total. The van der Waals surface area contributed by atoms with Crippen molar-refractivity contribution in [3.63, 3.8) is 0 Å². The summed E-state index contributed by atoms with van der Waals surface area (Å²) in [4.78, 5) is 16.6. The molecule has 1 heterocycles. The van der Waals surface area contributed by atoms with E-state index in [2.05, 4.69) is 30.6 Å². The van der Waals surface area contributed by atoms with Crippen LogP contribution in [0.25, 0.3) is 0 Å². The number of hydrogen-bond acceptors (Lipinski definition) is 5. The van der Waals surface area contributed by atoms with Gasteiger partial charge in [0.15, 0.2) is 0 Å². The van der Waals surface area contributed by atoms with Gasteiger partial charge in [-0.1, -0.05) is 6.07 Å². The Morgan fingerprint density at radius 3 is 2.33 bits per heavy atom. The van der Waals surface area contributed by atoms with Crippen LogP contribution in [0.2, 0.25) is 0 Å². The molecule has 0 aromatic heterocycles. The van der Waals surface area contributed by atoms with Gasteiger partial charge in [0.25, 0.3) is 0 Å². The SMILES string of the molecule is COC(=O)c1cccc(N)c1N1CCN(C(C)(C)C)CC1. The van der Waals surface area contributed by atoms with E-state index in [4.69, 9.17) is 10.5 Å². The summed E-state index contributed by atoms with van der Waals surface area (Å²) in [5, 5.41) is 0. The van der Waals surface area contributed by atoms with E-state index in [0.29, 0.717) is 11.3 Å². The minimum absolute atomic E-state index is 0.166. The number of hydrogen-bond donors (Lipinski definition) is 1. The Labute approximate surface area is 126 Å². The van der Waals surface area contributed by atoms with Crippen LogP contribution in [0.5, 0.6) is 0 Å². The molecule has 1 fully saturated rings. The van der Waals surface area contributed by atoms with Gasteiger partial charge in [0.2, 0.25) is 0 Å². The molecule has 0 bridgehead atoms. The molecule has 1 aliphatic heterocycles. The first kappa shape index (κ1) is 15.6. The topological polar surface area (TPSA) is 58.8 Å². The molecule has 1 aromatic rings. The Morgan fingerprint density at radius 1 is 1.19 bits per heavy atom. The van der Waals surface area contributed by atoms with E-state index in [9.17, 15) is 4.79 Å². The van der Waals surface area contributed by atoms with Gasteiger partial charge in [-0.2, -0.15) is 0 Å². The van der Waals surface area contributed by atoms with Crippen molar-refractivity contribution in [3.05, 3.63) is 23.8 Å². The number of benzene rings is 1. The first-order chi connectivity index (χ1) is 9.84. The highest BCUT2D eigenvalue weighted by atomic mass is 16.5. The van der Waals surface area contributed by atoms with E-state index in [0.717, 1.165) is 31.9 Å². The predicted octanol–water partition coefficient (Wildman–Crippen LogP) is 1.98. The normalized spacial score (nSPS) is 16.9. The molecule has 0 radical (unpaired) electrons. The number of anilines is 2. The van der Waals surface area contributed by atoms with E-state index in [1.165, 1.54) is 7.11 Å². The number of piperazine rings is 1. The van der Waals surface area contributed by atoms with Crippen LogP contribution in [-0.2, 0) is 4.74 Å². The standard InChI is InChI=1S/C16H25N3O2/c1-16(2,3)19-10-8-18(9-11-19)14-12(15(20)21-4)6-5-7-13(14)17/h5-7H,8-11,17H2,1-4H3. The third-order valence-electron chi connectivity index (χ3n) is 4.02. The van der Waals surface area contributed by atoms with Crippen LogP contribution in [0.4, 0.5) is 11.4 Å². The summed E-state index contributed by atoms with van der Waals surface area (Å²) in [5.41, 5.74) is 8.24. The fraction of sp³-hybridized carbons (Fsp3) is 0.562. The molecule has 0 aliphatic carbocycles. The molecular weight excluding hydrogens is 266 g/mol. The van der Waals surface area contributed by atoms with E-state index < -0.39 is 0 Å². The molecule has 0 spiro atoms. The van der Waals surface area contributed by atoms with E-state index >= 15 is 0 Å². The maximum absolute atomic E-state index is 11.9. The molecule has 0 unspecified atom stereocenters. The van der Waals surface area contributed by atoms with Gasteiger partial charge in [0, 0.05) is 31.7 Å². The summed E-state index contributed by atoms with van der Waals surface area (Å²) >= 11 is 0. The molecule has 5 heteroatoms. The molecule has 0 amide bonds. The fourth-order valence-electron chi connectivity index (χ4n) is 2.79. The zero-order valence-corrected chi connectivity index (χ0v) is 13.3. The zero-order valence-electron chi connectivity index (χ0n) is 13.3. The second kappa shape index (κ2) is 5.93. The van der Waals surface area contributed by atoms with Crippen LogP contribution in [0, 0.1) is 0 Å². The predicted molar refractivity (Wildman–Crippen MR) is 85.7 cm³/mol. The first-order valence-corrected chi connectivity index (χ1v) is 7.31. The lowest BCUT2D eigenvalue weighted by Gasteiger charge is -2.43. The number of esters is 1. The first-order valence-electron chi connectivity index (χ1n) is 7.31. The zero-order chi connectivity index (χ0) is 15.6. The Hall–Kier alpha value is -1.75. The van der Waals surface area contributed by atoms with Crippen LogP contribution in [0.15, 0.2) is 18.2 Å². The van der Waals surface area contributed by atoms with Crippen LogP contribution in [0.3, 0.4) is 0 Å². The number of ether oxygens (including phenoxy) is 1. The number of para-hydroxylation sites is 1. The third kappa shape index (κ3) is 3.29. The molecule has 0 atom stereocenters. The lowest BCUT2D eigenvalue weighted by Crippen LogP contribution is -2.53. The van der Waals surface area contributed by atoms with Crippen molar-refractivity contribution in [2.45, 2.75) is 26.3 Å². The molecule has 2 rings (SSSR count). The van der Waals surface area contributed by atoms with Crippen molar-refractivity contribution >= 4 is 17.3 Å². The van der Waals surface area contributed by atoms with Crippen LogP contribution >= 0.6 is 0 Å². The van der Waals surface area contributed by atoms with Gasteiger partial charge < -0.3 is 15.4 Å². The highest BCUT2D eigenvalue weighted by Gasteiger charge is 2.28. The Balaban J connectivity index is 2.22. The number of nitrogens with two attached hydrogens (primary N) is 1. The summed E-state index contributed by atoms with van der Waals surface area (Å²) in [7, 11) is 1.40. The Kier molecular flexibility index (Phi) is 4.42. The lowest BCUT2D eigenvalue weighted by atomic mass is 10.0. The van der Waals surface area contributed by atoms with Gasteiger partial charge in [-0.05, 0) is 32.9 Å². The second-order valence-corrected chi connectivity index (χ2v) is 6.38. The van der Waals surface area contributed by atoms with Crippen LogP contribution in [-0.4, -0.2) is 49.7 Å². The monoisotopic (exact) mass is 291 g/mol. The number of methoxy groups -OCH3 is 1. The number of carbonyl (C=O) groups excluding carboxylic acids is 1. The molecule has 1 saturated heterocycles. The Morgan fingerprint density at radius 2 is 1.81 bits per heavy atom. The molecule has 1 aromatic carbocycles. The summed E-state index contributed by atoms with van der Waals surface area (Å²) in [6.07, 6.45) is 0. The summed E-state index contributed by atoms with van der Waals surface area (Å²) in [5.74, 6) is -0.337. The van der Waals surface area contributed by atoms with E-state index in [1.54, 1.807) is 12.1 Å². The van der Waals surface area contributed by atoms with Crippen LogP contribution in [0.1, 0.15) is 31.1 Å². The van der Waals surface area contributed by atoms with Gasteiger partial charge in [0.1, 0.15) is 0 Å². The summed E-state index contributed by atoms with van der Waals surface area (Å²) in [6.45, 7) is 10.3. The van der Waals surface area contributed by atoms with Crippen molar-refractivity contribution in [3.8, 4) is 0 Å². The maximum atomic E-state index is 11.9. The number of carbonyl (C=O) groups is 1. The maximum Gasteiger partial charge on any atom is 0.340 e. The molecule has 5 nitrogen and oxygen atoms in total. The smallest absolute Gasteiger partial charge is 0.340 e. The van der Waals surface area contributed by atoms with Gasteiger partial charge in [0.05, 0.1) is 24.0 Å². The van der Waals surface area contributed by atoms with Crippen molar-refractivity contribution in [2.75, 3.05) is 43.9 Å². The second-order valence-electron chi connectivity index (χ2n) is 6.38. The minimum atomic E-state index is -0.337. The van der Waals surface area contributed by atoms with Gasteiger partial charge >= 0.3 is 5.97 Å². The minimum Gasteiger partial charge on any atom is -0.465 e. The van der Waals surface area contributed by atoms with Crippen LogP contribution < -0.4 is 10.6 Å². The number of rotatable bonds is 2. The fourth-order valence-corrected chi connectivity index (χ4v) is 2.79. The largest absolute Gasteiger partial charge is 0.465 e. The molecular formula is C16H25N3O2. The highest BCUT2D eigenvalue weighted by molar-refractivity contribution is 5.99. The average Bonchev–Trinajstić information content (AvgIpc) is 2.45. The van der Waals surface area contributed by atoms with Gasteiger partial charge in [-0.25, -0.2) is 4.79 Å². The van der Waals surface area contributed by atoms with E-state index in [-0.39, 0.29) is 11.5 Å². The molecule has 116 valence electrons. The van der Waals surface area contributed by atoms with Crippen molar-refractivity contribution in [1.82, 2.24) is 4.90 Å². The lowest BCUT2D eigenvalue weighted by molar-refractivity contribution is 0.0601. The quantitative estimate of drug-likeness (QED) is 0.667. The Bertz CT molecular complexity index is 515. The van der Waals surface area contributed by atoms with Gasteiger partial charge in [-0.3, -0.25) is 4.90 Å². The highest BCUT2D eigenvalue weighted by Crippen LogP contribution is 2.30.